The number of benzene rings is 3. The zero-order chi connectivity index (χ0) is 21.3. The molecule has 152 valence electrons. The molecule has 0 bridgehead atoms. The maximum atomic E-state index is 13.5. The van der Waals surface area contributed by atoms with Crippen molar-refractivity contribution in [1.29, 1.82) is 0 Å². The topological polar surface area (TPSA) is 62.5 Å². The molecule has 0 unspecified atom stereocenters. The molecule has 4 rings (SSSR count). The minimum atomic E-state index is -0.461. The molecule has 0 fully saturated rings. The number of halogens is 1. The van der Waals surface area contributed by atoms with Crippen molar-refractivity contribution in [3.05, 3.63) is 98.2 Å². The average molecular weight is 423 g/mol. The number of aromatic nitrogens is 2. The van der Waals surface area contributed by atoms with Crippen LogP contribution in [0.25, 0.3) is 16.6 Å². The van der Waals surface area contributed by atoms with Crippen LogP contribution in [-0.2, 0) is 6.54 Å². The van der Waals surface area contributed by atoms with Crippen LogP contribution in [0.4, 0.5) is 0 Å². The Bertz CT molecular complexity index is 1340. The molecule has 3 aromatic carbocycles. The summed E-state index contributed by atoms with van der Waals surface area (Å²) in [7, 11) is 3.02. The molecule has 0 saturated heterocycles. The summed E-state index contributed by atoms with van der Waals surface area (Å²) in [5, 5.41) is 1.05. The average Bonchev–Trinajstić information content (AvgIpc) is 2.78. The van der Waals surface area contributed by atoms with Crippen molar-refractivity contribution in [2.24, 2.45) is 0 Å². The minimum Gasteiger partial charge on any atom is -0.497 e. The van der Waals surface area contributed by atoms with Crippen molar-refractivity contribution in [2.45, 2.75) is 6.54 Å². The van der Waals surface area contributed by atoms with Gasteiger partial charge in [-0.3, -0.25) is 9.36 Å². The van der Waals surface area contributed by atoms with Crippen LogP contribution in [0.3, 0.4) is 0 Å². The summed E-state index contributed by atoms with van der Waals surface area (Å²) in [5.74, 6) is 0.924. The van der Waals surface area contributed by atoms with E-state index in [1.807, 2.05) is 12.1 Å². The molecule has 1 aromatic heterocycles. The van der Waals surface area contributed by atoms with E-state index in [2.05, 4.69) is 0 Å². The molecule has 1 heterocycles. The predicted molar refractivity (Wildman–Crippen MR) is 117 cm³/mol. The zero-order valence-corrected chi connectivity index (χ0v) is 17.2. The third-order valence-electron chi connectivity index (χ3n) is 4.93. The highest BCUT2D eigenvalue weighted by molar-refractivity contribution is 6.30. The van der Waals surface area contributed by atoms with E-state index in [4.69, 9.17) is 21.1 Å². The Hall–Kier alpha value is -3.51. The fourth-order valence-electron chi connectivity index (χ4n) is 3.43. The number of nitrogens with zero attached hydrogens (tertiary/aromatic N) is 2. The van der Waals surface area contributed by atoms with Crippen LogP contribution in [-0.4, -0.2) is 23.4 Å². The molecule has 4 aromatic rings. The summed E-state index contributed by atoms with van der Waals surface area (Å²) in [6.45, 7) is 0.287. The van der Waals surface area contributed by atoms with Gasteiger partial charge in [-0.1, -0.05) is 35.9 Å². The Morgan fingerprint density at radius 1 is 0.900 bits per heavy atom. The first-order valence-electron chi connectivity index (χ1n) is 9.25. The maximum absolute atomic E-state index is 13.5. The minimum absolute atomic E-state index is 0.287. The summed E-state index contributed by atoms with van der Waals surface area (Å²) in [6, 6.07) is 19.3. The second kappa shape index (κ2) is 8.08. The summed E-state index contributed by atoms with van der Waals surface area (Å²) in [4.78, 5) is 26.8. The quantitative estimate of drug-likeness (QED) is 0.490. The van der Waals surface area contributed by atoms with Crippen LogP contribution in [0, 0.1) is 0 Å². The highest BCUT2D eigenvalue weighted by Crippen LogP contribution is 2.26. The number of rotatable bonds is 5. The summed E-state index contributed by atoms with van der Waals surface area (Å²) in [6.07, 6.45) is 0. The van der Waals surface area contributed by atoms with Crippen molar-refractivity contribution in [3.8, 4) is 17.2 Å². The van der Waals surface area contributed by atoms with E-state index in [-0.39, 0.29) is 6.54 Å². The van der Waals surface area contributed by atoms with E-state index in [1.54, 1.807) is 59.2 Å². The standard InChI is InChI=1S/C23H19ClN2O4/c1-29-17-11-12-20(21(13-17)30-2)26-22(27)18-5-3-4-6-19(18)25(23(26)28)14-15-7-9-16(24)10-8-15/h3-13H,14H2,1-2H3. The highest BCUT2D eigenvalue weighted by Gasteiger charge is 2.18. The predicted octanol–water partition coefficient (Wildman–Crippen LogP) is 3.87. The molecular formula is C23H19ClN2O4. The smallest absolute Gasteiger partial charge is 0.336 e. The second-order valence-corrected chi connectivity index (χ2v) is 7.13. The van der Waals surface area contributed by atoms with Gasteiger partial charge < -0.3 is 9.47 Å². The van der Waals surface area contributed by atoms with Crippen LogP contribution in [0.15, 0.2) is 76.3 Å². The molecule has 0 spiro atoms. The molecule has 0 aliphatic heterocycles. The van der Waals surface area contributed by atoms with E-state index in [0.29, 0.717) is 33.1 Å². The fraction of sp³-hybridized carbons (Fsp3) is 0.130. The summed E-state index contributed by atoms with van der Waals surface area (Å²) in [5.41, 5.74) is 0.928. The second-order valence-electron chi connectivity index (χ2n) is 6.69. The maximum Gasteiger partial charge on any atom is 0.336 e. The van der Waals surface area contributed by atoms with Crippen LogP contribution < -0.4 is 20.7 Å². The molecule has 0 N–H and O–H groups in total. The first kappa shape index (κ1) is 19.8. The van der Waals surface area contributed by atoms with Gasteiger partial charge in [0.05, 0.1) is 37.4 Å². The lowest BCUT2D eigenvalue weighted by Gasteiger charge is -2.16. The number of hydrogen-bond donors (Lipinski definition) is 0. The van der Waals surface area contributed by atoms with E-state index in [1.165, 1.54) is 14.2 Å². The van der Waals surface area contributed by atoms with Gasteiger partial charge in [0.25, 0.3) is 5.56 Å². The normalized spacial score (nSPS) is 10.9. The fourth-order valence-corrected chi connectivity index (χ4v) is 3.55. The Labute approximate surface area is 177 Å². The van der Waals surface area contributed by atoms with E-state index in [9.17, 15) is 9.59 Å². The third kappa shape index (κ3) is 3.46. The number of fused-ring (bicyclic) bond motifs is 1. The Balaban J connectivity index is 2.01. The van der Waals surface area contributed by atoms with Gasteiger partial charge >= 0.3 is 5.69 Å². The monoisotopic (exact) mass is 422 g/mol. The Kier molecular flexibility index (Phi) is 5.33. The highest BCUT2D eigenvalue weighted by atomic mass is 35.5. The molecule has 0 aliphatic rings. The van der Waals surface area contributed by atoms with Crippen LogP contribution in [0.1, 0.15) is 5.56 Å². The van der Waals surface area contributed by atoms with Gasteiger partial charge in [0.15, 0.2) is 0 Å². The summed E-state index contributed by atoms with van der Waals surface area (Å²) >= 11 is 5.99. The van der Waals surface area contributed by atoms with Crippen LogP contribution >= 0.6 is 11.6 Å². The lowest BCUT2D eigenvalue weighted by atomic mass is 10.2. The lowest BCUT2D eigenvalue weighted by molar-refractivity contribution is 0.392. The zero-order valence-electron chi connectivity index (χ0n) is 16.5. The lowest BCUT2D eigenvalue weighted by Crippen LogP contribution is -2.39. The number of para-hydroxylation sites is 1. The van der Waals surface area contributed by atoms with Gasteiger partial charge in [-0.2, -0.15) is 0 Å². The molecule has 7 heteroatoms. The molecule has 0 atom stereocenters. The molecular weight excluding hydrogens is 404 g/mol. The van der Waals surface area contributed by atoms with Crippen LogP contribution in [0.5, 0.6) is 11.5 Å². The summed E-state index contributed by atoms with van der Waals surface area (Å²) < 4.78 is 13.4. The van der Waals surface area contributed by atoms with Gasteiger partial charge in [0, 0.05) is 11.1 Å². The van der Waals surface area contributed by atoms with Crippen molar-refractivity contribution < 1.29 is 9.47 Å². The molecule has 0 radical (unpaired) electrons. The van der Waals surface area contributed by atoms with E-state index in [0.717, 1.165) is 10.1 Å². The van der Waals surface area contributed by atoms with E-state index < -0.39 is 11.2 Å². The first-order chi connectivity index (χ1) is 14.5. The van der Waals surface area contributed by atoms with Crippen molar-refractivity contribution in [3.63, 3.8) is 0 Å². The molecule has 30 heavy (non-hydrogen) atoms. The van der Waals surface area contributed by atoms with Crippen molar-refractivity contribution >= 4 is 22.5 Å². The molecule has 0 aliphatic carbocycles. The van der Waals surface area contributed by atoms with Gasteiger partial charge in [-0.05, 0) is 42.0 Å². The van der Waals surface area contributed by atoms with Gasteiger partial charge in [0.2, 0.25) is 0 Å². The Morgan fingerprint density at radius 3 is 2.33 bits per heavy atom. The van der Waals surface area contributed by atoms with E-state index >= 15 is 0 Å². The first-order valence-corrected chi connectivity index (χ1v) is 9.62. The molecule has 0 amide bonds. The number of ether oxygens (including phenoxy) is 2. The third-order valence-corrected chi connectivity index (χ3v) is 5.18. The molecule has 0 saturated carbocycles. The van der Waals surface area contributed by atoms with Crippen molar-refractivity contribution in [2.75, 3.05) is 14.2 Å². The SMILES string of the molecule is COc1ccc(-n2c(=O)c3ccccc3n(Cc3ccc(Cl)cc3)c2=O)c(OC)c1. The van der Waals surface area contributed by atoms with Gasteiger partial charge in [-0.25, -0.2) is 9.36 Å². The van der Waals surface area contributed by atoms with Gasteiger partial charge in [0.1, 0.15) is 11.5 Å². The largest absolute Gasteiger partial charge is 0.497 e. The van der Waals surface area contributed by atoms with Crippen molar-refractivity contribution in [1.82, 2.24) is 9.13 Å². The van der Waals surface area contributed by atoms with Gasteiger partial charge in [-0.15, -0.1) is 0 Å². The number of hydrogen-bond acceptors (Lipinski definition) is 4. The molecule has 6 nitrogen and oxygen atoms in total. The van der Waals surface area contributed by atoms with Crippen LogP contribution in [0.2, 0.25) is 5.02 Å². The Morgan fingerprint density at radius 2 is 1.63 bits per heavy atom. The number of methoxy groups -OCH3 is 2.